The Hall–Kier alpha value is -6.51. The molecule has 404 valence electrons. The van der Waals surface area contributed by atoms with Crippen molar-refractivity contribution in [3.63, 3.8) is 0 Å². The van der Waals surface area contributed by atoms with E-state index >= 15 is 0 Å². The molecule has 1 saturated heterocycles. The number of nitrogens with zero attached hydrogens (tertiary/aromatic N) is 6. The zero-order chi connectivity index (χ0) is 53.8. The van der Waals surface area contributed by atoms with Gasteiger partial charge in [-0.25, -0.2) is 13.8 Å². The van der Waals surface area contributed by atoms with Crippen LogP contribution < -0.4 is 26.0 Å². The molecule has 76 heavy (non-hydrogen) atoms. The highest BCUT2D eigenvalue weighted by molar-refractivity contribution is 7.13. The number of nitrogens with one attached hydrogen (secondary N) is 2. The molecular formula is C57H68F2N8O8S. The highest BCUT2D eigenvalue weighted by Crippen LogP contribution is 2.44. The van der Waals surface area contributed by atoms with Gasteiger partial charge < -0.3 is 44.2 Å². The van der Waals surface area contributed by atoms with Gasteiger partial charge in [0.15, 0.2) is 6.23 Å². The summed E-state index contributed by atoms with van der Waals surface area (Å²) >= 11 is 1.54. The van der Waals surface area contributed by atoms with Crippen LogP contribution in [0.25, 0.3) is 32.5 Å². The highest BCUT2D eigenvalue weighted by atomic mass is 32.1. The number of hydrogen-bond donors (Lipinski definition) is 4. The molecule has 0 aliphatic carbocycles. The fourth-order valence-electron chi connectivity index (χ4n) is 10.8. The predicted molar refractivity (Wildman–Crippen MR) is 288 cm³/mol. The number of benzene rings is 3. The third-order valence-corrected chi connectivity index (χ3v) is 15.9. The number of hydrogen-bond acceptors (Lipinski definition) is 13. The quantitative estimate of drug-likeness (QED) is 0.0503. The number of methoxy groups -OCH3 is 1. The molecule has 6 aromatic rings. The number of carbonyl (C=O) groups excluding carboxylic acids is 2. The number of aliphatic hydroxyl groups is 2. The van der Waals surface area contributed by atoms with Crippen molar-refractivity contribution in [1.29, 1.82) is 0 Å². The van der Waals surface area contributed by atoms with Crippen LogP contribution in [0.3, 0.4) is 0 Å². The minimum atomic E-state index is -2.72. The van der Waals surface area contributed by atoms with Gasteiger partial charge in [0.05, 0.1) is 59.3 Å². The molecule has 5 atom stereocenters. The maximum Gasteiger partial charge on any atom is 0.264 e. The summed E-state index contributed by atoms with van der Waals surface area (Å²) in [5, 5.41) is 29.3. The number of halogens is 2. The van der Waals surface area contributed by atoms with Gasteiger partial charge in [-0.15, -0.1) is 16.8 Å². The summed E-state index contributed by atoms with van der Waals surface area (Å²) in [7, 11) is 3.30. The summed E-state index contributed by atoms with van der Waals surface area (Å²) < 4.78 is 45.1. The molecule has 9 rings (SSSR count). The maximum atomic E-state index is 15.0. The molecule has 0 spiro atoms. The number of pyridine rings is 1. The molecule has 3 aliphatic heterocycles. The van der Waals surface area contributed by atoms with Gasteiger partial charge in [0.25, 0.3) is 12.0 Å². The van der Waals surface area contributed by atoms with Gasteiger partial charge in [0.1, 0.15) is 23.5 Å². The Morgan fingerprint density at radius 3 is 2.51 bits per heavy atom. The summed E-state index contributed by atoms with van der Waals surface area (Å²) in [4.78, 5) is 55.6. The average Bonchev–Trinajstić information content (AvgIpc) is 4.27. The summed E-state index contributed by atoms with van der Waals surface area (Å²) in [6.45, 7) is 8.89. The van der Waals surface area contributed by atoms with Gasteiger partial charge in [0.2, 0.25) is 11.8 Å². The molecule has 4 N–H and O–H groups in total. The van der Waals surface area contributed by atoms with Crippen molar-refractivity contribution in [3.8, 4) is 27.3 Å². The van der Waals surface area contributed by atoms with Crippen LogP contribution in [0.5, 0.6) is 5.75 Å². The normalized spacial score (nSPS) is 18.3. The Morgan fingerprint density at radius 1 is 1.01 bits per heavy atom. The lowest BCUT2D eigenvalue weighted by molar-refractivity contribution is -0.143. The SMILES string of the molecule is COc1cc(N2CCCc3cc(-c4cnn(CCCCCCCOC5C=C(C(C(=O)N6C[C@H](O)C[C@H]6C(=O)N[C@@H](CO)c6ccc(-c7scnc7C)cc6)C(C)C)ON5)c4)c(C(F)F)cc32)c2cc(C)c(=O)n(C)c2c1. The number of rotatable bonds is 21. The fourth-order valence-corrected chi connectivity index (χ4v) is 11.7. The maximum absolute atomic E-state index is 15.0. The second kappa shape index (κ2) is 23.8. The molecule has 2 amide bonds. The smallest absolute Gasteiger partial charge is 0.264 e. The van der Waals surface area contributed by atoms with Gasteiger partial charge in [-0.05, 0) is 85.9 Å². The fraction of sp³-hybridized carbons (Fsp3) is 0.456. The van der Waals surface area contributed by atoms with Crippen LogP contribution in [-0.2, 0) is 39.2 Å². The van der Waals surface area contributed by atoms with E-state index in [9.17, 15) is 33.4 Å². The topological polar surface area (TPSA) is 186 Å². The second-order valence-corrected chi connectivity index (χ2v) is 21.3. The van der Waals surface area contributed by atoms with E-state index in [2.05, 4.69) is 25.8 Å². The predicted octanol–water partition coefficient (Wildman–Crippen LogP) is 8.97. The summed E-state index contributed by atoms with van der Waals surface area (Å²) in [6.07, 6.45) is 7.18. The summed E-state index contributed by atoms with van der Waals surface area (Å²) in [5.74, 6) is -0.777. The standard InChI is InChI=1S/C57H68F2N8O8S/c1-33(2)52(57(72)67-30-40(69)23-49(67)55(70)62-45(31-68)36-14-16-37(17-15-36)53-35(4)60-32-76-53)50-27-51(63-75-50)74-20-11-9-7-8-10-18-65-29-39(28-61-65)42-22-38-13-12-19-66(46(38)26-43(42)54(58)59)48-25-41(73-6)24-47-44(48)21-34(3)56(71)64(47)5/h14-17,21-22,24-29,32-33,40,45,49,51-52,54,63,68-69H,7-13,18-20,23,30-31H2,1-6H3,(H,62,70)/t40-,45+,49+,51?,52?/m1/s1. The van der Waals surface area contributed by atoms with Crippen molar-refractivity contribution in [2.75, 3.05) is 38.3 Å². The number of likely N-dealkylation sites (tertiary alicyclic amines) is 1. The molecule has 19 heteroatoms. The number of hydroxylamine groups is 1. The van der Waals surface area contributed by atoms with Gasteiger partial charge >= 0.3 is 0 Å². The van der Waals surface area contributed by atoms with Crippen molar-refractivity contribution >= 4 is 45.4 Å². The Balaban J connectivity index is 0.746. The lowest BCUT2D eigenvalue weighted by Gasteiger charge is -2.34. The van der Waals surface area contributed by atoms with Crippen molar-refractivity contribution < 1.29 is 42.9 Å². The van der Waals surface area contributed by atoms with E-state index in [-0.39, 0.29) is 42.5 Å². The molecule has 6 heterocycles. The zero-order valence-corrected chi connectivity index (χ0v) is 44.7. The number of aliphatic hydroxyl groups excluding tert-OH is 2. The highest BCUT2D eigenvalue weighted by Gasteiger charge is 2.44. The number of aryl methyl sites for hydroxylation is 5. The summed E-state index contributed by atoms with van der Waals surface area (Å²) in [6, 6.07) is 15.0. The number of thiazole rings is 1. The number of carbonyl (C=O) groups is 2. The molecule has 0 radical (unpaired) electrons. The number of aromatic nitrogens is 4. The number of amides is 2. The molecule has 0 saturated carbocycles. The van der Waals surface area contributed by atoms with Crippen molar-refractivity contribution in [2.24, 2.45) is 18.9 Å². The number of fused-ring (bicyclic) bond motifs is 2. The van der Waals surface area contributed by atoms with Crippen molar-refractivity contribution in [3.05, 3.63) is 123 Å². The number of alkyl halides is 2. The molecule has 3 aromatic heterocycles. The van der Waals surface area contributed by atoms with Gasteiger partial charge in [0, 0.05) is 91.9 Å². The molecule has 16 nitrogen and oxygen atoms in total. The van der Waals surface area contributed by atoms with E-state index in [0.29, 0.717) is 59.0 Å². The van der Waals surface area contributed by atoms with E-state index < -0.39 is 42.7 Å². The van der Waals surface area contributed by atoms with Crippen LogP contribution in [0.4, 0.5) is 20.2 Å². The Bertz CT molecular complexity index is 3140. The first-order chi connectivity index (χ1) is 36.6. The first kappa shape index (κ1) is 54.3. The molecule has 1 fully saturated rings. The number of anilines is 2. The minimum absolute atomic E-state index is 0.00887. The second-order valence-electron chi connectivity index (χ2n) is 20.5. The van der Waals surface area contributed by atoms with E-state index in [1.165, 1.54) is 4.90 Å². The van der Waals surface area contributed by atoms with Gasteiger partial charge in [-0.3, -0.25) is 19.1 Å². The van der Waals surface area contributed by atoms with Crippen LogP contribution in [0, 0.1) is 25.7 Å². The van der Waals surface area contributed by atoms with Crippen molar-refractivity contribution in [2.45, 2.75) is 116 Å². The van der Waals surface area contributed by atoms with E-state index in [1.807, 2.05) is 80.2 Å². The first-order valence-electron chi connectivity index (χ1n) is 26.2. The first-order valence-corrected chi connectivity index (χ1v) is 27.1. The van der Waals surface area contributed by atoms with Crippen LogP contribution in [-0.4, -0.2) is 98.0 Å². The summed E-state index contributed by atoms with van der Waals surface area (Å²) in [5.41, 5.74) is 12.0. The van der Waals surface area contributed by atoms with Crippen LogP contribution in [0.1, 0.15) is 99.2 Å². The Labute approximate surface area is 445 Å². The molecule has 2 unspecified atom stereocenters. The van der Waals surface area contributed by atoms with Crippen LogP contribution in [0.15, 0.2) is 89.1 Å². The molecule has 0 bridgehead atoms. The third-order valence-electron chi connectivity index (χ3n) is 14.9. The van der Waals surface area contributed by atoms with Crippen LogP contribution >= 0.6 is 11.3 Å². The lowest BCUT2D eigenvalue weighted by Crippen LogP contribution is -2.50. The number of unbranched alkanes of at least 4 members (excludes halogenated alkanes) is 4. The number of ether oxygens (including phenoxy) is 2. The largest absolute Gasteiger partial charge is 0.497 e. The van der Waals surface area contributed by atoms with Crippen molar-refractivity contribution in [1.82, 2.24) is 35.0 Å². The van der Waals surface area contributed by atoms with Gasteiger partial charge in [-0.2, -0.15) is 5.10 Å². The van der Waals surface area contributed by atoms with Crippen LogP contribution in [0.2, 0.25) is 0 Å². The molecule has 3 aromatic carbocycles. The van der Waals surface area contributed by atoms with E-state index in [0.717, 1.165) is 83.4 Å². The lowest BCUT2D eigenvalue weighted by atomic mass is 9.91. The Kier molecular flexibility index (Phi) is 17.0. The number of β-amino-alcohol motifs (C(OH)–C–C–N with tert-alkyl or cyclic N) is 1. The Morgan fingerprint density at radius 2 is 1.79 bits per heavy atom. The monoisotopic (exact) mass is 1060 g/mol. The van der Waals surface area contributed by atoms with E-state index in [4.69, 9.17) is 14.3 Å². The van der Waals surface area contributed by atoms with E-state index in [1.54, 1.807) is 60.8 Å². The molecular weight excluding hydrogens is 995 g/mol. The zero-order valence-electron chi connectivity index (χ0n) is 43.9. The average molecular weight is 1060 g/mol. The minimum Gasteiger partial charge on any atom is -0.497 e. The van der Waals surface area contributed by atoms with Gasteiger partial charge in [-0.1, -0.05) is 57.4 Å². The third kappa shape index (κ3) is 11.6. The molecule has 3 aliphatic rings.